The highest BCUT2D eigenvalue weighted by Gasteiger charge is 2.42. The van der Waals surface area contributed by atoms with Crippen molar-refractivity contribution in [1.29, 1.82) is 0 Å². The van der Waals surface area contributed by atoms with Gasteiger partial charge in [0, 0.05) is 15.2 Å². The Morgan fingerprint density at radius 1 is 0.510 bits per heavy atom. The van der Waals surface area contributed by atoms with Crippen LogP contribution in [0.4, 0.5) is 0 Å². The minimum absolute atomic E-state index is 0.299. The summed E-state index contributed by atoms with van der Waals surface area (Å²) in [5, 5.41) is 16.1. The van der Waals surface area contributed by atoms with Crippen molar-refractivity contribution in [3.63, 3.8) is 0 Å². The lowest BCUT2D eigenvalue weighted by Crippen LogP contribution is -2.26. The van der Waals surface area contributed by atoms with Crippen LogP contribution >= 0.6 is 22.7 Å². The van der Waals surface area contributed by atoms with Crippen LogP contribution in [0.15, 0.2) is 77.5 Å². The average molecular weight is 699 g/mol. The summed E-state index contributed by atoms with van der Waals surface area (Å²) in [7, 11) is 0. The number of fused-ring (bicyclic) bond motifs is 3. The first kappa shape index (κ1) is 39.6. The van der Waals surface area contributed by atoms with E-state index in [1.54, 1.807) is 27.3 Å². The molecule has 0 unspecified atom stereocenters. The smallest absolute Gasteiger partial charge is 0.0902 e. The van der Waals surface area contributed by atoms with Crippen LogP contribution in [0.3, 0.4) is 0 Å². The number of hydrogen-bond donors (Lipinski definition) is 1. The van der Waals surface area contributed by atoms with E-state index in [0.717, 1.165) is 31.2 Å². The fourth-order valence-electron chi connectivity index (χ4n) is 8.13. The normalized spacial score (nSPS) is 13.2. The maximum absolute atomic E-state index is 11.7. The molecule has 49 heavy (non-hydrogen) atoms. The molecular formula is C46H66OS2. The molecule has 0 saturated carbocycles. The van der Waals surface area contributed by atoms with Crippen LogP contribution in [0.5, 0.6) is 0 Å². The standard InChI is InChI=1S/C23H34OS.C23H32S/c1-3-5-7-11-17-23(24,18-12-8-6-4-2)21-15-10-9-14-20(21)22-16-13-19-25-22;1-3-5-7-11-16-23(17-12-8-6-4-2)20-14-10-9-13-19(20)22-21(23)15-18-24-22/h9-10,13-16,19,24H,3-8,11-12,17-18H2,1-2H3;9-10,13-15,18H,3-8,11-12,16-17H2,1-2H3. The molecule has 0 radical (unpaired) electrons. The SMILES string of the molecule is CCCCCCC(O)(CCCCCC)c1ccccc1-c1cccs1.CCCCCCC1(CCCCCC)c2ccccc2-c2sccc21. The molecule has 0 saturated heterocycles. The number of benzene rings is 2. The van der Waals surface area contributed by atoms with E-state index in [9.17, 15) is 5.11 Å². The van der Waals surface area contributed by atoms with Gasteiger partial charge in [-0.3, -0.25) is 0 Å². The predicted molar refractivity (Wildman–Crippen MR) is 219 cm³/mol. The van der Waals surface area contributed by atoms with Crippen LogP contribution in [-0.2, 0) is 11.0 Å². The summed E-state index contributed by atoms with van der Waals surface area (Å²) in [6.45, 7) is 9.09. The Morgan fingerprint density at radius 3 is 1.63 bits per heavy atom. The third-order valence-corrected chi connectivity index (χ3v) is 12.7. The lowest BCUT2D eigenvalue weighted by atomic mass is 9.71. The molecule has 1 nitrogen and oxygen atoms in total. The Labute approximate surface area is 308 Å². The van der Waals surface area contributed by atoms with E-state index in [2.05, 4.69) is 105 Å². The Kier molecular flexibility index (Phi) is 17.2. The highest BCUT2D eigenvalue weighted by molar-refractivity contribution is 7.14. The number of aliphatic hydroxyl groups is 1. The lowest BCUT2D eigenvalue weighted by Gasteiger charge is -2.32. The fraction of sp³-hybridized carbons (Fsp3) is 0.565. The van der Waals surface area contributed by atoms with E-state index >= 15 is 0 Å². The number of hydrogen-bond acceptors (Lipinski definition) is 3. The lowest BCUT2D eigenvalue weighted by molar-refractivity contribution is 0.0138. The summed E-state index contributed by atoms with van der Waals surface area (Å²) in [4.78, 5) is 2.81. The molecule has 2 heterocycles. The summed E-state index contributed by atoms with van der Waals surface area (Å²) in [6, 6.07) is 24.4. The van der Waals surface area contributed by atoms with Gasteiger partial charge in [0.1, 0.15) is 0 Å². The van der Waals surface area contributed by atoms with Gasteiger partial charge in [-0.15, -0.1) is 22.7 Å². The minimum Gasteiger partial charge on any atom is -0.385 e. The molecule has 1 aliphatic carbocycles. The number of thiophene rings is 2. The Morgan fingerprint density at radius 2 is 1.06 bits per heavy atom. The van der Waals surface area contributed by atoms with Crippen LogP contribution in [0.2, 0.25) is 0 Å². The van der Waals surface area contributed by atoms with Crippen molar-refractivity contribution in [2.45, 2.75) is 167 Å². The fourth-order valence-corrected chi connectivity index (χ4v) is 9.93. The Hall–Kier alpha value is -2.20. The first-order chi connectivity index (χ1) is 24.0. The zero-order chi connectivity index (χ0) is 34.8. The molecule has 4 aromatic rings. The van der Waals surface area contributed by atoms with Crippen LogP contribution < -0.4 is 0 Å². The summed E-state index contributed by atoms with van der Waals surface area (Å²) in [6.07, 6.45) is 25.0. The van der Waals surface area contributed by atoms with Gasteiger partial charge in [-0.2, -0.15) is 0 Å². The zero-order valence-electron chi connectivity index (χ0n) is 31.4. The van der Waals surface area contributed by atoms with Crippen molar-refractivity contribution in [1.82, 2.24) is 0 Å². The first-order valence-corrected chi connectivity index (χ1v) is 21.8. The van der Waals surface area contributed by atoms with E-state index in [1.165, 1.54) is 119 Å². The highest BCUT2D eigenvalue weighted by Crippen LogP contribution is 2.56. The van der Waals surface area contributed by atoms with Gasteiger partial charge in [0.25, 0.3) is 0 Å². The van der Waals surface area contributed by atoms with Gasteiger partial charge in [0.15, 0.2) is 0 Å². The van der Waals surface area contributed by atoms with Crippen LogP contribution in [0.25, 0.3) is 20.9 Å². The van der Waals surface area contributed by atoms with Gasteiger partial charge in [-0.1, -0.05) is 185 Å². The molecule has 0 fully saturated rings. The first-order valence-electron chi connectivity index (χ1n) is 20.1. The van der Waals surface area contributed by atoms with Crippen molar-refractivity contribution >= 4 is 22.7 Å². The monoisotopic (exact) mass is 698 g/mol. The van der Waals surface area contributed by atoms with E-state index in [0.29, 0.717) is 5.41 Å². The molecule has 0 atom stereocenters. The van der Waals surface area contributed by atoms with Gasteiger partial charge in [-0.05, 0) is 76.4 Å². The summed E-state index contributed by atoms with van der Waals surface area (Å²) in [5.74, 6) is 0. The van der Waals surface area contributed by atoms with Crippen molar-refractivity contribution in [2.75, 3.05) is 0 Å². The number of unbranched alkanes of at least 4 members (excludes halogenated alkanes) is 12. The van der Waals surface area contributed by atoms with E-state index in [-0.39, 0.29) is 0 Å². The second-order valence-electron chi connectivity index (χ2n) is 14.6. The van der Waals surface area contributed by atoms with Crippen LogP contribution in [0.1, 0.15) is 173 Å². The molecule has 3 heteroatoms. The average Bonchev–Trinajstić information content (AvgIpc) is 3.90. The predicted octanol–water partition coefficient (Wildman–Crippen LogP) is 15.5. The molecule has 0 spiro atoms. The third-order valence-electron chi connectivity index (χ3n) is 10.9. The van der Waals surface area contributed by atoms with E-state index in [1.807, 2.05) is 11.3 Å². The minimum atomic E-state index is -0.692. The molecule has 0 bridgehead atoms. The van der Waals surface area contributed by atoms with Gasteiger partial charge < -0.3 is 5.11 Å². The van der Waals surface area contributed by atoms with E-state index in [4.69, 9.17) is 0 Å². The highest BCUT2D eigenvalue weighted by atomic mass is 32.1. The summed E-state index contributed by atoms with van der Waals surface area (Å²) in [5.41, 5.74) is 6.74. The second kappa shape index (κ2) is 21.2. The molecular weight excluding hydrogens is 633 g/mol. The number of rotatable bonds is 22. The molecule has 2 aromatic heterocycles. The van der Waals surface area contributed by atoms with Gasteiger partial charge in [-0.25, -0.2) is 0 Å². The quantitative estimate of drug-likeness (QED) is 0.0810. The van der Waals surface area contributed by atoms with Gasteiger partial charge >= 0.3 is 0 Å². The van der Waals surface area contributed by atoms with Crippen LogP contribution in [0, 0.1) is 0 Å². The van der Waals surface area contributed by atoms with E-state index < -0.39 is 5.60 Å². The maximum atomic E-state index is 11.7. The topological polar surface area (TPSA) is 20.2 Å². The zero-order valence-corrected chi connectivity index (χ0v) is 33.0. The van der Waals surface area contributed by atoms with Crippen molar-refractivity contribution in [3.05, 3.63) is 94.2 Å². The summed E-state index contributed by atoms with van der Waals surface area (Å²) < 4.78 is 0. The second-order valence-corrected chi connectivity index (χ2v) is 16.5. The molecule has 1 N–H and O–H groups in total. The molecule has 0 amide bonds. The maximum Gasteiger partial charge on any atom is 0.0902 e. The van der Waals surface area contributed by atoms with Crippen molar-refractivity contribution < 1.29 is 5.11 Å². The van der Waals surface area contributed by atoms with Gasteiger partial charge in [0.05, 0.1) is 5.60 Å². The molecule has 268 valence electrons. The molecule has 5 rings (SSSR count). The molecule has 0 aliphatic heterocycles. The van der Waals surface area contributed by atoms with Crippen LogP contribution in [-0.4, -0.2) is 5.11 Å². The van der Waals surface area contributed by atoms with Gasteiger partial charge in [0.2, 0.25) is 0 Å². The Balaban J connectivity index is 0.000000221. The summed E-state index contributed by atoms with van der Waals surface area (Å²) >= 11 is 3.70. The Bertz CT molecular complexity index is 1420. The third kappa shape index (κ3) is 10.7. The van der Waals surface area contributed by atoms with Crippen molar-refractivity contribution in [3.8, 4) is 20.9 Å². The molecule has 1 aliphatic rings. The molecule has 2 aromatic carbocycles. The van der Waals surface area contributed by atoms with Crippen molar-refractivity contribution in [2.24, 2.45) is 0 Å². The largest absolute Gasteiger partial charge is 0.385 e.